The quantitative estimate of drug-likeness (QED) is 0.838. The predicted octanol–water partition coefficient (Wildman–Crippen LogP) is 2.05. The lowest BCUT2D eigenvalue weighted by Gasteiger charge is -2.21. The highest BCUT2D eigenvalue weighted by molar-refractivity contribution is 5.71. The topological polar surface area (TPSA) is 49.2 Å². The minimum atomic E-state index is 0.668. The third-order valence-corrected chi connectivity index (χ3v) is 3.91. The van der Waals surface area contributed by atoms with Gasteiger partial charge in [0.15, 0.2) is 5.65 Å². The van der Waals surface area contributed by atoms with Gasteiger partial charge in [0.1, 0.15) is 11.3 Å². The number of ether oxygens (including phenoxy) is 2. The van der Waals surface area contributed by atoms with Crippen molar-refractivity contribution < 1.29 is 9.47 Å². The number of pyridine rings is 1. The van der Waals surface area contributed by atoms with E-state index < -0.39 is 0 Å². The Morgan fingerprint density at radius 2 is 2.25 bits per heavy atom. The SMILES string of the molecule is COCCn1c(CC2CCOCC2)nc2cccnc21. The van der Waals surface area contributed by atoms with Crippen molar-refractivity contribution in [3.63, 3.8) is 0 Å². The molecule has 108 valence electrons. The van der Waals surface area contributed by atoms with Gasteiger partial charge in [-0.05, 0) is 30.9 Å². The molecule has 3 rings (SSSR count). The van der Waals surface area contributed by atoms with E-state index in [0.717, 1.165) is 56.0 Å². The van der Waals surface area contributed by atoms with Crippen LogP contribution in [0.1, 0.15) is 18.7 Å². The summed E-state index contributed by atoms with van der Waals surface area (Å²) in [5.74, 6) is 1.80. The van der Waals surface area contributed by atoms with Gasteiger partial charge in [-0.2, -0.15) is 0 Å². The second-order valence-corrected chi connectivity index (χ2v) is 5.28. The molecule has 0 saturated carbocycles. The standard InChI is InChI=1S/C15H21N3O2/c1-19-10-7-18-14(11-12-4-8-20-9-5-12)17-13-3-2-6-16-15(13)18/h2-3,6,12H,4-5,7-11H2,1H3. The summed E-state index contributed by atoms with van der Waals surface area (Å²) in [6.45, 7) is 3.24. The molecule has 0 N–H and O–H groups in total. The van der Waals surface area contributed by atoms with E-state index in [1.165, 1.54) is 0 Å². The van der Waals surface area contributed by atoms with Gasteiger partial charge in [-0.25, -0.2) is 9.97 Å². The molecule has 0 aliphatic carbocycles. The van der Waals surface area contributed by atoms with Crippen LogP contribution in [-0.4, -0.2) is 41.5 Å². The lowest BCUT2D eigenvalue weighted by atomic mass is 9.96. The van der Waals surface area contributed by atoms with Crippen LogP contribution in [0.25, 0.3) is 11.2 Å². The molecule has 0 bridgehead atoms. The van der Waals surface area contributed by atoms with Crippen LogP contribution in [-0.2, 0) is 22.4 Å². The molecule has 1 saturated heterocycles. The van der Waals surface area contributed by atoms with Crippen molar-refractivity contribution in [1.82, 2.24) is 14.5 Å². The zero-order valence-corrected chi connectivity index (χ0v) is 11.9. The number of nitrogens with zero attached hydrogens (tertiary/aromatic N) is 3. The van der Waals surface area contributed by atoms with Gasteiger partial charge in [0, 0.05) is 39.5 Å². The van der Waals surface area contributed by atoms with E-state index in [4.69, 9.17) is 14.5 Å². The summed E-state index contributed by atoms with van der Waals surface area (Å²) in [6, 6.07) is 3.97. The molecule has 2 aromatic rings. The lowest BCUT2D eigenvalue weighted by Crippen LogP contribution is -2.20. The maximum atomic E-state index is 5.43. The Bertz CT molecular complexity index is 561. The molecule has 0 aromatic carbocycles. The van der Waals surface area contributed by atoms with Crippen molar-refractivity contribution in [1.29, 1.82) is 0 Å². The Morgan fingerprint density at radius 3 is 3.05 bits per heavy atom. The van der Waals surface area contributed by atoms with Crippen LogP contribution in [0, 0.1) is 5.92 Å². The molecule has 0 spiro atoms. The number of hydrogen-bond acceptors (Lipinski definition) is 4. The summed E-state index contributed by atoms with van der Waals surface area (Å²) >= 11 is 0. The van der Waals surface area contributed by atoms with Gasteiger partial charge in [-0.15, -0.1) is 0 Å². The van der Waals surface area contributed by atoms with E-state index in [1.807, 2.05) is 18.3 Å². The summed E-state index contributed by atoms with van der Waals surface area (Å²) in [7, 11) is 1.73. The molecule has 1 fully saturated rings. The Morgan fingerprint density at radius 1 is 1.40 bits per heavy atom. The average Bonchev–Trinajstić information content (AvgIpc) is 2.83. The van der Waals surface area contributed by atoms with Crippen molar-refractivity contribution in [3.8, 4) is 0 Å². The number of rotatable bonds is 5. The monoisotopic (exact) mass is 275 g/mol. The molecular weight excluding hydrogens is 254 g/mol. The number of hydrogen-bond donors (Lipinski definition) is 0. The molecule has 20 heavy (non-hydrogen) atoms. The van der Waals surface area contributed by atoms with Crippen LogP contribution in [0.4, 0.5) is 0 Å². The van der Waals surface area contributed by atoms with Crippen molar-refractivity contribution in [3.05, 3.63) is 24.2 Å². The van der Waals surface area contributed by atoms with Crippen LogP contribution in [0.2, 0.25) is 0 Å². The first-order valence-electron chi connectivity index (χ1n) is 7.25. The predicted molar refractivity (Wildman–Crippen MR) is 76.7 cm³/mol. The van der Waals surface area contributed by atoms with E-state index in [2.05, 4.69) is 9.55 Å². The van der Waals surface area contributed by atoms with Crippen LogP contribution < -0.4 is 0 Å². The van der Waals surface area contributed by atoms with Gasteiger partial charge in [-0.3, -0.25) is 0 Å². The first-order valence-corrected chi connectivity index (χ1v) is 7.25. The fourth-order valence-electron chi connectivity index (χ4n) is 2.79. The van der Waals surface area contributed by atoms with Crippen molar-refractivity contribution in [2.24, 2.45) is 5.92 Å². The van der Waals surface area contributed by atoms with Gasteiger partial charge in [0.2, 0.25) is 0 Å². The number of fused-ring (bicyclic) bond motifs is 1. The summed E-state index contributed by atoms with van der Waals surface area (Å²) < 4.78 is 12.8. The molecule has 5 nitrogen and oxygen atoms in total. The lowest BCUT2D eigenvalue weighted by molar-refractivity contribution is 0.0656. The Balaban J connectivity index is 1.87. The molecule has 3 heterocycles. The van der Waals surface area contributed by atoms with Crippen LogP contribution in [0.3, 0.4) is 0 Å². The second kappa shape index (κ2) is 6.33. The largest absolute Gasteiger partial charge is 0.383 e. The highest BCUT2D eigenvalue weighted by atomic mass is 16.5. The van der Waals surface area contributed by atoms with Gasteiger partial charge in [0.25, 0.3) is 0 Å². The minimum absolute atomic E-state index is 0.668. The molecule has 2 aromatic heterocycles. The Kier molecular flexibility index (Phi) is 4.28. The number of aromatic nitrogens is 3. The van der Waals surface area contributed by atoms with Crippen molar-refractivity contribution >= 4 is 11.2 Å². The van der Waals surface area contributed by atoms with Crippen LogP contribution >= 0.6 is 0 Å². The zero-order chi connectivity index (χ0) is 13.8. The summed E-state index contributed by atoms with van der Waals surface area (Å²) in [6.07, 6.45) is 5.08. The molecule has 1 aliphatic rings. The third kappa shape index (κ3) is 2.83. The van der Waals surface area contributed by atoms with Gasteiger partial charge >= 0.3 is 0 Å². The summed E-state index contributed by atoms with van der Waals surface area (Å²) in [5, 5.41) is 0. The average molecular weight is 275 g/mol. The third-order valence-electron chi connectivity index (χ3n) is 3.91. The molecule has 1 aliphatic heterocycles. The molecule has 0 unspecified atom stereocenters. The fourth-order valence-corrected chi connectivity index (χ4v) is 2.79. The Hall–Kier alpha value is -1.46. The van der Waals surface area contributed by atoms with Crippen molar-refractivity contribution in [2.75, 3.05) is 26.9 Å². The van der Waals surface area contributed by atoms with Gasteiger partial charge < -0.3 is 14.0 Å². The maximum absolute atomic E-state index is 5.43. The maximum Gasteiger partial charge on any atom is 0.160 e. The molecule has 0 atom stereocenters. The summed E-state index contributed by atoms with van der Waals surface area (Å²) in [4.78, 5) is 9.23. The van der Waals surface area contributed by atoms with E-state index in [1.54, 1.807) is 7.11 Å². The second-order valence-electron chi connectivity index (χ2n) is 5.28. The van der Waals surface area contributed by atoms with Crippen LogP contribution in [0.15, 0.2) is 18.3 Å². The summed E-state index contributed by atoms with van der Waals surface area (Å²) in [5.41, 5.74) is 1.94. The highest BCUT2D eigenvalue weighted by Crippen LogP contribution is 2.22. The fraction of sp³-hybridized carbons (Fsp3) is 0.600. The van der Waals surface area contributed by atoms with E-state index in [9.17, 15) is 0 Å². The first kappa shape index (κ1) is 13.5. The number of methoxy groups -OCH3 is 1. The van der Waals surface area contributed by atoms with E-state index in [-0.39, 0.29) is 0 Å². The van der Waals surface area contributed by atoms with E-state index >= 15 is 0 Å². The molecule has 0 amide bonds. The molecule has 0 radical (unpaired) electrons. The smallest absolute Gasteiger partial charge is 0.160 e. The Labute approximate surface area is 118 Å². The zero-order valence-electron chi connectivity index (χ0n) is 11.9. The first-order chi connectivity index (χ1) is 9.88. The highest BCUT2D eigenvalue weighted by Gasteiger charge is 2.19. The van der Waals surface area contributed by atoms with Gasteiger partial charge in [-0.1, -0.05) is 0 Å². The molecule has 5 heteroatoms. The minimum Gasteiger partial charge on any atom is -0.383 e. The van der Waals surface area contributed by atoms with Gasteiger partial charge in [0.05, 0.1) is 6.61 Å². The van der Waals surface area contributed by atoms with Crippen LogP contribution in [0.5, 0.6) is 0 Å². The number of imidazole rings is 1. The molecular formula is C15H21N3O2. The van der Waals surface area contributed by atoms with E-state index in [0.29, 0.717) is 12.5 Å². The van der Waals surface area contributed by atoms with Crippen molar-refractivity contribution in [2.45, 2.75) is 25.8 Å². The normalized spacial score (nSPS) is 16.9.